The van der Waals surface area contributed by atoms with Gasteiger partial charge in [0.25, 0.3) is 5.91 Å². The standard InChI is InChI=1S/C41H47FN5O7PS/c1-4-20-53-40(51)26(2)45-55(52,54-32-12-6-5-7-13-32)41(3,42)30-15-18-35-28(21-30)22-36(56-35)37(48)44-33-14-8-11-31-16-17-34(47(31)38(33)49)39(50)46-24-29(25-46)27-10-9-19-43-23-27/h5-7,9-10,12-13,15,18-19,21-23,26,29,31,33-34H,4,8,11,14,16-17,20,24-25H2,1-3H3,(H,44,48)(H,45,52)/t26-,31-,33-,34-,41?,55?/m0/s1. The van der Waals surface area contributed by atoms with Gasteiger partial charge in [-0.25, -0.2) is 9.48 Å². The van der Waals surface area contributed by atoms with Crippen molar-refractivity contribution in [3.8, 4) is 5.75 Å². The van der Waals surface area contributed by atoms with Crippen molar-refractivity contribution in [2.75, 3.05) is 19.7 Å². The molecule has 2 N–H and O–H groups in total. The van der Waals surface area contributed by atoms with Crippen molar-refractivity contribution in [2.45, 2.75) is 94.8 Å². The number of esters is 1. The van der Waals surface area contributed by atoms with Crippen molar-refractivity contribution in [1.82, 2.24) is 25.2 Å². The van der Waals surface area contributed by atoms with E-state index in [1.54, 1.807) is 53.6 Å². The number of amides is 3. The Bertz CT molecular complexity index is 2130. The van der Waals surface area contributed by atoms with Gasteiger partial charge >= 0.3 is 13.5 Å². The summed E-state index contributed by atoms with van der Waals surface area (Å²) in [5.74, 6) is -1.06. The van der Waals surface area contributed by atoms with E-state index in [4.69, 9.17) is 9.26 Å². The van der Waals surface area contributed by atoms with E-state index >= 15 is 4.39 Å². The summed E-state index contributed by atoms with van der Waals surface area (Å²) in [5, 5.41) is 3.46. The molecule has 0 aliphatic carbocycles. The van der Waals surface area contributed by atoms with E-state index in [0.717, 1.165) is 31.7 Å². The molecule has 12 nitrogen and oxygen atoms in total. The highest BCUT2D eigenvalue weighted by atomic mass is 32.1. The third-order valence-electron chi connectivity index (χ3n) is 11.0. The molecule has 3 saturated heterocycles. The first-order valence-electron chi connectivity index (χ1n) is 19.2. The van der Waals surface area contributed by atoms with Gasteiger partial charge in [0, 0.05) is 47.7 Å². The zero-order valence-electron chi connectivity index (χ0n) is 31.7. The van der Waals surface area contributed by atoms with Crippen LogP contribution in [0.1, 0.15) is 86.0 Å². The summed E-state index contributed by atoms with van der Waals surface area (Å²) in [6.07, 6.45) is 7.42. The van der Waals surface area contributed by atoms with Gasteiger partial charge in [0.1, 0.15) is 23.9 Å². The number of alkyl halides is 1. The molecule has 0 bridgehead atoms. The lowest BCUT2D eigenvalue weighted by Crippen LogP contribution is -2.58. The van der Waals surface area contributed by atoms with Crippen LogP contribution in [-0.4, -0.2) is 82.3 Å². The van der Waals surface area contributed by atoms with E-state index in [2.05, 4.69) is 15.4 Å². The first-order chi connectivity index (χ1) is 26.9. The Kier molecular flexibility index (Phi) is 11.6. The molecule has 15 heteroatoms. The lowest BCUT2D eigenvalue weighted by Gasteiger charge is -2.42. The van der Waals surface area contributed by atoms with Gasteiger partial charge in [-0.2, -0.15) is 0 Å². The smallest absolute Gasteiger partial charge is 0.358 e. The number of thiophene rings is 1. The number of pyridine rings is 1. The molecule has 4 aromatic rings. The Balaban J connectivity index is 1.06. The van der Waals surface area contributed by atoms with Crippen LogP contribution in [0, 0.1) is 0 Å². The summed E-state index contributed by atoms with van der Waals surface area (Å²) >= 11 is 1.19. The zero-order valence-corrected chi connectivity index (χ0v) is 33.4. The van der Waals surface area contributed by atoms with Gasteiger partial charge in [-0.1, -0.05) is 37.3 Å². The fourth-order valence-corrected chi connectivity index (χ4v) is 10.7. The van der Waals surface area contributed by atoms with Crippen molar-refractivity contribution >= 4 is 52.6 Å². The van der Waals surface area contributed by atoms with E-state index < -0.39 is 42.9 Å². The van der Waals surface area contributed by atoms with Gasteiger partial charge in [0.05, 0.1) is 11.5 Å². The summed E-state index contributed by atoms with van der Waals surface area (Å²) in [7, 11) is -4.54. The second-order valence-electron chi connectivity index (χ2n) is 15.0. The number of nitrogens with one attached hydrogen (secondary N) is 2. The monoisotopic (exact) mass is 803 g/mol. The number of para-hydroxylation sites is 1. The van der Waals surface area contributed by atoms with Crippen LogP contribution in [0.15, 0.2) is 79.1 Å². The first-order valence-corrected chi connectivity index (χ1v) is 21.7. The maximum atomic E-state index is 17.1. The maximum absolute atomic E-state index is 17.1. The maximum Gasteiger partial charge on any atom is 0.358 e. The largest absolute Gasteiger partial charge is 0.465 e. The van der Waals surface area contributed by atoms with E-state index in [1.807, 2.05) is 30.2 Å². The average Bonchev–Trinajstić information content (AvgIpc) is 3.77. The normalized spacial score (nSPS) is 22.6. The van der Waals surface area contributed by atoms with E-state index in [0.29, 0.717) is 47.3 Å². The molecule has 3 fully saturated rings. The van der Waals surface area contributed by atoms with Crippen LogP contribution in [0.2, 0.25) is 0 Å². The third kappa shape index (κ3) is 7.97. The van der Waals surface area contributed by atoms with Crippen molar-refractivity contribution in [1.29, 1.82) is 0 Å². The van der Waals surface area contributed by atoms with Crippen molar-refractivity contribution < 1.29 is 37.4 Å². The van der Waals surface area contributed by atoms with Crippen LogP contribution in [0.3, 0.4) is 0 Å². The van der Waals surface area contributed by atoms with Crippen molar-refractivity contribution in [3.05, 3.63) is 95.1 Å². The van der Waals surface area contributed by atoms with Crippen LogP contribution in [0.25, 0.3) is 10.1 Å². The number of fused-ring (bicyclic) bond motifs is 2. The lowest BCUT2D eigenvalue weighted by molar-refractivity contribution is -0.148. The van der Waals surface area contributed by atoms with E-state index in [1.165, 1.54) is 30.4 Å². The van der Waals surface area contributed by atoms with Crippen molar-refractivity contribution in [3.63, 3.8) is 0 Å². The Morgan fingerprint density at radius 3 is 2.57 bits per heavy atom. The molecule has 2 aromatic carbocycles. The molecule has 2 aromatic heterocycles. The van der Waals surface area contributed by atoms with Gasteiger partial charge in [-0.15, -0.1) is 11.3 Å². The number of rotatable bonds is 13. The summed E-state index contributed by atoms with van der Waals surface area (Å²) in [4.78, 5) is 62.2. The average molecular weight is 804 g/mol. The number of carbonyl (C=O) groups excluding carboxylic acids is 4. The Hall–Kier alpha value is -4.65. The number of ether oxygens (including phenoxy) is 1. The van der Waals surface area contributed by atoms with Gasteiger partial charge in [-0.05, 0) is 99.7 Å². The number of hydrogen-bond donors (Lipinski definition) is 2. The number of hydrogen-bond acceptors (Lipinski definition) is 9. The molecule has 3 aliphatic rings. The van der Waals surface area contributed by atoms with Gasteiger partial charge < -0.3 is 24.4 Å². The minimum absolute atomic E-state index is 0.0133. The van der Waals surface area contributed by atoms with Crippen LogP contribution >= 0.6 is 18.9 Å². The number of halogens is 1. The molecule has 296 valence electrons. The van der Waals surface area contributed by atoms with Crippen LogP contribution in [0.4, 0.5) is 4.39 Å². The first kappa shape index (κ1) is 39.6. The summed E-state index contributed by atoms with van der Waals surface area (Å²) < 4.78 is 43.4. The molecule has 3 aliphatic heterocycles. The molecular formula is C41H47FN5O7PS. The predicted octanol–water partition coefficient (Wildman–Crippen LogP) is 6.91. The molecule has 2 unspecified atom stereocenters. The summed E-state index contributed by atoms with van der Waals surface area (Å²) in [6, 6.07) is 15.8. The second-order valence-corrected chi connectivity index (χ2v) is 18.4. The van der Waals surface area contributed by atoms with Gasteiger partial charge in [0.15, 0.2) is 0 Å². The molecule has 7 rings (SSSR count). The molecule has 3 amide bonds. The second kappa shape index (κ2) is 16.4. The topological polar surface area (TPSA) is 147 Å². The molecule has 56 heavy (non-hydrogen) atoms. The Morgan fingerprint density at radius 1 is 1.05 bits per heavy atom. The molecule has 6 atom stereocenters. The quantitative estimate of drug-likeness (QED) is 0.109. The molecular weight excluding hydrogens is 757 g/mol. The summed E-state index contributed by atoms with van der Waals surface area (Å²) in [6.45, 7) is 5.75. The third-order valence-corrected chi connectivity index (χ3v) is 14.7. The number of carbonyl (C=O) groups is 4. The lowest BCUT2D eigenvalue weighted by atomic mass is 9.92. The highest BCUT2D eigenvalue weighted by Gasteiger charge is 2.52. The number of aromatic nitrogens is 1. The molecule has 0 radical (unpaired) electrons. The van der Waals surface area contributed by atoms with Crippen LogP contribution < -0.4 is 14.9 Å². The van der Waals surface area contributed by atoms with Crippen LogP contribution in [0.5, 0.6) is 5.75 Å². The van der Waals surface area contributed by atoms with Gasteiger partial charge in [0.2, 0.25) is 17.2 Å². The zero-order chi connectivity index (χ0) is 39.6. The Labute approximate surface area is 329 Å². The molecule has 5 heterocycles. The van der Waals surface area contributed by atoms with E-state index in [-0.39, 0.29) is 41.7 Å². The highest BCUT2D eigenvalue weighted by molar-refractivity contribution is 7.58. The molecule has 0 saturated carbocycles. The molecule has 0 spiro atoms. The fraction of sp³-hybridized carbons (Fsp3) is 0.439. The highest BCUT2D eigenvalue weighted by Crippen LogP contribution is 2.62. The minimum Gasteiger partial charge on any atom is -0.465 e. The predicted molar refractivity (Wildman–Crippen MR) is 211 cm³/mol. The Morgan fingerprint density at radius 2 is 1.84 bits per heavy atom. The van der Waals surface area contributed by atoms with E-state index in [9.17, 15) is 23.7 Å². The van der Waals surface area contributed by atoms with Gasteiger partial charge in [-0.3, -0.25) is 28.7 Å². The minimum atomic E-state index is -4.54. The SMILES string of the molecule is CCCOC(=O)[C@H](C)NP(=O)(Oc1ccccc1)C(C)(F)c1ccc2sc(C(=O)N[C@H]3CCC[C@H]4CC[C@@H](C(=O)N5CC(c6cccnc6)C5)N4C3=O)cc2c1. The fourth-order valence-electron chi connectivity index (χ4n) is 7.77. The number of nitrogens with zero attached hydrogens (tertiary/aromatic N) is 3. The number of benzene rings is 2. The van der Waals surface area contributed by atoms with Crippen LogP contribution in [-0.2, 0) is 29.1 Å². The summed E-state index contributed by atoms with van der Waals surface area (Å²) in [5.41, 5.74) is 1.11. The van der Waals surface area contributed by atoms with Crippen molar-refractivity contribution in [2.24, 2.45) is 0 Å². The number of likely N-dealkylation sites (tertiary alicyclic amines) is 1.